The van der Waals surface area contributed by atoms with Crippen molar-refractivity contribution >= 4 is 32.0 Å². The number of halogens is 1. The molecule has 0 radical (unpaired) electrons. The number of nitrogens with zero attached hydrogens (tertiary/aromatic N) is 4. The van der Waals surface area contributed by atoms with E-state index in [4.69, 9.17) is 17.7 Å². The fourth-order valence-corrected chi connectivity index (χ4v) is 3.38. The minimum Gasteiger partial charge on any atom is -0.473 e. The van der Waals surface area contributed by atoms with E-state index in [0.717, 1.165) is 11.9 Å². The summed E-state index contributed by atoms with van der Waals surface area (Å²) in [5, 5.41) is 0. The van der Waals surface area contributed by atoms with Crippen LogP contribution in [0.5, 0.6) is 11.9 Å². The summed E-state index contributed by atoms with van der Waals surface area (Å²) in [5.74, 6) is -0.835. The molecule has 0 bridgehead atoms. The van der Waals surface area contributed by atoms with Gasteiger partial charge in [0.15, 0.2) is 5.82 Å². The van der Waals surface area contributed by atoms with Crippen molar-refractivity contribution in [1.29, 1.82) is 0 Å². The molecule has 3 aromatic rings. The van der Waals surface area contributed by atoms with E-state index in [1.807, 2.05) is 0 Å². The largest absolute Gasteiger partial charge is 0.473 e. The fraction of sp³-hybridized carbons (Fsp3) is 0.300. The lowest BCUT2D eigenvalue weighted by atomic mass is 10.1. The van der Waals surface area contributed by atoms with E-state index >= 15 is 0 Å². The van der Waals surface area contributed by atoms with E-state index in [0.29, 0.717) is 6.42 Å². The first-order valence-corrected chi connectivity index (χ1v) is 11.5. The molecular weight excluding hydrogens is 500 g/mol. The molecule has 0 fully saturated rings. The highest BCUT2D eigenvalue weighted by atomic mass is 79.9. The number of hydrogen-bond donors (Lipinski definition) is 2. The first-order chi connectivity index (χ1) is 17.8. The number of aromatic nitrogens is 4. The summed E-state index contributed by atoms with van der Waals surface area (Å²) in [5.41, 5.74) is 0.0363. The number of aryl methyl sites for hydroxylation is 1. The Morgan fingerprint density at radius 3 is 2.53 bits per heavy atom. The number of benzene rings is 1. The number of rotatable bonds is 11. The van der Waals surface area contributed by atoms with Gasteiger partial charge in [0.1, 0.15) is 19.5 Å². The average molecular weight is 529 g/mol. The molecule has 0 aliphatic rings. The molecule has 2 N–H and O–H groups in total. The van der Waals surface area contributed by atoms with Crippen LogP contribution in [0.3, 0.4) is 0 Å². The second-order valence-electron chi connectivity index (χ2n) is 6.17. The fourth-order valence-electron chi connectivity index (χ4n) is 2.23. The third kappa shape index (κ3) is 6.84. The summed E-state index contributed by atoms with van der Waals surface area (Å²) < 4.78 is 89.7. The van der Waals surface area contributed by atoms with E-state index < -0.39 is 59.2 Å². The molecule has 3 rings (SSSR count). The van der Waals surface area contributed by atoms with Crippen LogP contribution in [-0.4, -0.2) is 48.1 Å². The van der Waals surface area contributed by atoms with Crippen LogP contribution in [0, 0.1) is 6.92 Å². The Hall–Kier alpha value is -2.83. The zero-order valence-electron chi connectivity index (χ0n) is 23.1. The van der Waals surface area contributed by atoms with Crippen LogP contribution in [0.1, 0.15) is 27.1 Å². The highest BCUT2D eigenvalue weighted by Gasteiger charge is 2.19. The Bertz CT molecular complexity index is 1400. The van der Waals surface area contributed by atoms with Crippen LogP contribution < -0.4 is 18.9 Å². The zero-order valence-corrected chi connectivity index (χ0v) is 19.5. The molecule has 0 spiro atoms. The second-order valence-corrected chi connectivity index (χ2v) is 8.46. The predicted molar refractivity (Wildman–Crippen MR) is 124 cm³/mol. The third-order valence-electron chi connectivity index (χ3n) is 3.62. The van der Waals surface area contributed by atoms with Gasteiger partial charge in [-0.3, -0.25) is 4.72 Å². The molecule has 0 amide bonds. The zero-order chi connectivity index (χ0) is 28.3. The number of hydrogen-bond acceptors (Lipinski definition) is 8. The van der Waals surface area contributed by atoms with Gasteiger partial charge in [-0.15, -0.1) is 0 Å². The van der Waals surface area contributed by atoms with Crippen LogP contribution in [0.2, 0.25) is 0 Å². The highest BCUT2D eigenvalue weighted by Crippen LogP contribution is 2.34. The van der Waals surface area contributed by atoms with Crippen molar-refractivity contribution in [2.75, 3.05) is 24.4 Å². The lowest BCUT2D eigenvalue weighted by Crippen LogP contribution is -2.31. The van der Waals surface area contributed by atoms with Gasteiger partial charge < -0.3 is 9.47 Å². The van der Waals surface area contributed by atoms with Crippen molar-refractivity contribution < 1.29 is 26.1 Å². The molecule has 12 heteroatoms. The molecule has 0 saturated carbocycles. The maximum atomic E-state index is 12.6. The maximum absolute atomic E-state index is 12.6. The number of nitrogens with one attached hydrogen (secondary N) is 2. The van der Waals surface area contributed by atoms with Gasteiger partial charge in [-0.2, -0.15) is 13.1 Å². The van der Waals surface area contributed by atoms with E-state index in [1.165, 1.54) is 12.4 Å². The molecule has 1 aromatic carbocycles. The minimum atomic E-state index is -4.17. The predicted octanol–water partition coefficient (Wildman–Crippen LogP) is 3.12. The van der Waals surface area contributed by atoms with Crippen LogP contribution in [0.25, 0.3) is 11.1 Å². The molecule has 32 heavy (non-hydrogen) atoms. The molecule has 0 aliphatic heterocycles. The Morgan fingerprint density at radius 1 is 1.12 bits per heavy atom. The molecule has 0 aliphatic carbocycles. The summed E-state index contributed by atoms with van der Waals surface area (Å²) in [4.78, 5) is 15.6. The summed E-state index contributed by atoms with van der Waals surface area (Å²) in [7, 11) is -4.17. The van der Waals surface area contributed by atoms with E-state index in [-0.39, 0.29) is 28.2 Å². The lowest BCUT2D eigenvalue weighted by Gasteiger charge is -2.15. The Balaban J connectivity index is 2.08. The quantitative estimate of drug-likeness (QED) is 0.388. The van der Waals surface area contributed by atoms with Gasteiger partial charge in [0.2, 0.25) is 5.88 Å². The Morgan fingerprint density at radius 2 is 1.84 bits per heavy atom. The molecule has 10 nitrogen and oxygen atoms in total. The molecular formula is C20H23BrN6O4S. The molecule has 0 saturated heterocycles. The molecule has 0 unspecified atom stereocenters. The average Bonchev–Trinajstić information content (AvgIpc) is 2.86. The van der Waals surface area contributed by atoms with Crippen molar-refractivity contribution in [3.05, 3.63) is 52.9 Å². The van der Waals surface area contributed by atoms with Gasteiger partial charge in [0.05, 0.1) is 13.8 Å². The van der Waals surface area contributed by atoms with Gasteiger partial charge >= 0.3 is 6.01 Å². The van der Waals surface area contributed by atoms with Crippen LogP contribution >= 0.6 is 15.9 Å². The smallest absolute Gasteiger partial charge is 0.316 e. The van der Waals surface area contributed by atoms with Gasteiger partial charge in [0, 0.05) is 23.4 Å². The van der Waals surface area contributed by atoms with Gasteiger partial charge in [-0.05, 0) is 36.6 Å². The standard InChI is InChI=1S/C20H23BrN6O4S/c1-3-8-26-32(28,29)27-18-17(15-4-6-16(21)7-5-15)19(25-13-24-18)30-9-10-31-20-22-11-14(2)12-23-20/h4-7,11-13,26H,3,8-10H2,1-2H3,(H,24,25,27)/i4D,5D,6D,7D,10D2. The summed E-state index contributed by atoms with van der Waals surface area (Å²) >= 11 is 3.02. The second kappa shape index (κ2) is 11.2. The van der Waals surface area contributed by atoms with Crippen LogP contribution in [-0.2, 0) is 10.2 Å². The van der Waals surface area contributed by atoms with Crippen molar-refractivity contribution in [1.82, 2.24) is 24.7 Å². The third-order valence-corrected chi connectivity index (χ3v) is 5.06. The molecule has 170 valence electrons. The van der Waals surface area contributed by atoms with E-state index in [9.17, 15) is 8.42 Å². The Labute approximate surface area is 203 Å². The monoisotopic (exact) mass is 528 g/mol. The van der Waals surface area contributed by atoms with Crippen molar-refractivity contribution in [3.63, 3.8) is 0 Å². The molecule has 2 heterocycles. The van der Waals surface area contributed by atoms with Crippen LogP contribution in [0.4, 0.5) is 5.82 Å². The first kappa shape index (κ1) is 16.8. The van der Waals surface area contributed by atoms with Gasteiger partial charge in [-0.25, -0.2) is 19.9 Å². The number of anilines is 1. The molecule has 2 aromatic heterocycles. The van der Waals surface area contributed by atoms with Gasteiger partial charge in [0.25, 0.3) is 10.2 Å². The molecule has 0 atom stereocenters. The summed E-state index contributed by atoms with van der Waals surface area (Å²) in [6.45, 7) is 0.322. The highest BCUT2D eigenvalue weighted by molar-refractivity contribution is 9.10. The normalized spacial score (nSPS) is 14.3. The summed E-state index contributed by atoms with van der Waals surface area (Å²) in [6.07, 6.45) is 4.30. The van der Waals surface area contributed by atoms with Crippen molar-refractivity contribution in [2.45, 2.75) is 20.3 Å². The first-order valence-electron chi connectivity index (χ1n) is 12.3. The van der Waals surface area contributed by atoms with Crippen molar-refractivity contribution in [2.24, 2.45) is 0 Å². The summed E-state index contributed by atoms with van der Waals surface area (Å²) in [6, 6.07) is -2.21. The maximum Gasteiger partial charge on any atom is 0.316 e. The SMILES string of the molecule is [2H]c1c([2H])c(-c2c(NS(=O)(=O)NCCC)ncnc2OCC([2H])([2H])Oc2ncc(C)cn2)c([2H])c([2H])c1Br. The van der Waals surface area contributed by atoms with E-state index in [1.54, 1.807) is 13.8 Å². The van der Waals surface area contributed by atoms with Crippen molar-refractivity contribution in [3.8, 4) is 23.0 Å². The number of ether oxygens (including phenoxy) is 2. The van der Waals surface area contributed by atoms with E-state index in [2.05, 4.69) is 45.3 Å². The minimum absolute atomic E-state index is 0.106. The lowest BCUT2D eigenvalue weighted by molar-refractivity contribution is 0.202. The topological polar surface area (TPSA) is 128 Å². The van der Waals surface area contributed by atoms with Crippen LogP contribution in [0.15, 0.2) is 47.4 Å². The Kier molecular flexibility index (Phi) is 5.84. The van der Waals surface area contributed by atoms with Gasteiger partial charge in [-0.1, -0.05) is 34.9 Å².